The number of aliphatic hydroxyl groups excluding tert-OH is 1. The first-order valence-corrected chi connectivity index (χ1v) is 11.4. The third-order valence-corrected chi connectivity index (χ3v) is 6.23. The number of β-amino-alcohol motifs (C(OH)–C–C–N with tert-alkyl or cyclic N) is 1. The first-order valence-electron chi connectivity index (χ1n) is 10.6. The van der Waals surface area contributed by atoms with E-state index in [1.165, 1.54) is 4.90 Å². The minimum absolute atomic E-state index is 0.108. The Bertz CT molecular complexity index is 820. The zero-order valence-corrected chi connectivity index (χ0v) is 18.9. The lowest BCUT2D eigenvalue weighted by atomic mass is 10.0. The lowest BCUT2D eigenvalue weighted by molar-refractivity contribution is -0.137. The van der Waals surface area contributed by atoms with Crippen LogP contribution in [0.4, 0.5) is 0 Å². The molecule has 2 aliphatic rings. The highest BCUT2D eigenvalue weighted by Crippen LogP contribution is 2.36. The second-order valence-corrected chi connectivity index (χ2v) is 8.57. The highest BCUT2D eigenvalue weighted by atomic mass is 35.5. The van der Waals surface area contributed by atoms with Crippen molar-refractivity contribution in [3.05, 3.63) is 39.5 Å². The second kappa shape index (κ2) is 10.6. The van der Waals surface area contributed by atoms with Gasteiger partial charge in [-0.25, -0.2) is 0 Å². The molecule has 0 aliphatic carbocycles. The van der Waals surface area contributed by atoms with Crippen LogP contribution in [0, 0.1) is 0 Å². The van der Waals surface area contributed by atoms with Crippen molar-refractivity contribution in [2.75, 3.05) is 45.9 Å². The first kappa shape index (κ1) is 23.1. The van der Waals surface area contributed by atoms with E-state index in [1.807, 2.05) is 4.90 Å². The molecule has 0 spiro atoms. The molecule has 0 atom stereocenters. The zero-order valence-electron chi connectivity index (χ0n) is 17.4. The Balaban J connectivity index is 1.90. The Morgan fingerprint density at radius 2 is 1.70 bits per heavy atom. The normalized spacial score (nSPS) is 18.1. The number of halogens is 2. The van der Waals surface area contributed by atoms with E-state index in [1.54, 1.807) is 18.2 Å². The maximum atomic E-state index is 13.3. The molecule has 2 amide bonds. The fourth-order valence-corrected chi connectivity index (χ4v) is 4.53. The van der Waals surface area contributed by atoms with Crippen LogP contribution in [0.25, 0.3) is 5.57 Å². The molecule has 6 nitrogen and oxygen atoms in total. The number of nitrogens with zero attached hydrogens (tertiary/aromatic N) is 3. The van der Waals surface area contributed by atoms with E-state index in [0.29, 0.717) is 53.1 Å². The number of carbonyl (C=O) groups is 2. The van der Waals surface area contributed by atoms with E-state index in [9.17, 15) is 14.7 Å². The molecule has 1 fully saturated rings. The van der Waals surface area contributed by atoms with Crippen LogP contribution in [0.5, 0.6) is 0 Å². The summed E-state index contributed by atoms with van der Waals surface area (Å²) in [6.07, 6.45) is 3.96. The van der Waals surface area contributed by atoms with Crippen LogP contribution < -0.4 is 0 Å². The monoisotopic (exact) mass is 453 g/mol. The summed E-state index contributed by atoms with van der Waals surface area (Å²) in [4.78, 5) is 32.2. The average molecular weight is 454 g/mol. The molecule has 2 aliphatic heterocycles. The Morgan fingerprint density at radius 1 is 0.967 bits per heavy atom. The molecule has 1 aromatic rings. The lowest BCUT2D eigenvalue weighted by Gasteiger charge is -2.36. The smallest absolute Gasteiger partial charge is 0.277 e. The van der Waals surface area contributed by atoms with E-state index >= 15 is 0 Å². The van der Waals surface area contributed by atoms with Crippen molar-refractivity contribution < 1.29 is 14.7 Å². The summed E-state index contributed by atoms with van der Waals surface area (Å²) < 4.78 is 0. The zero-order chi connectivity index (χ0) is 21.7. The van der Waals surface area contributed by atoms with Gasteiger partial charge in [0, 0.05) is 49.9 Å². The average Bonchev–Trinajstić information content (AvgIpc) is 2.96. The van der Waals surface area contributed by atoms with Crippen molar-refractivity contribution in [1.29, 1.82) is 0 Å². The number of benzene rings is 1. The lowest BCUT2D eigenvalue weighted by Crippen LogP contribution is -2.48. The third-order valence-electron chi connectivity index (χ3n) is 5.68. The number of unbranched alkanes of at least 4 members (excludes halogenated alkanes) is 3. The molecule has 0 saturated carbocycles. The number of hydrogen-bond acceptors (Lipinski definition) is 5. The number of aliphatic hydroxyl groups is 1. The van der Waals surface area contributed by atoms with Crippen LogP contribution in [0.2, 0.25) is 10.0 Å². The van der Waals surface area contributed by atoms with E-state index in [-0.39, 0.29) is 18.4 Å². The topological polar surface area (TPSA) is 64.1 Å². The van der Waals surface area contributed by atoms with Crippen LogP contribution in [0.3, 0.4) is 0 Å². The largest absolute Gasteiger partial charge is 0.395 e. The number of amides is 2. The molecule has 0 aromatic heterocycles. The molecule has 1 aromatic carbocycles. The Kier molecular flexibility index (Phi) is 8.17. The fraction of sp³-hybridized carbons (Fsp3) is 0.545. The van der Waals surface area contributed by atoms with Crippen LogP contribution >= 0.6 is 23.2 Å². The number of piperazine rings is 1. The molecule has 0 radical (unpaired) electrons. The van der Waals surface area contributed by atoms with Crippen molar-refractivity contribution >= 4 is 40.6 Å². The highest BCUT2D eigenvalue weighted by molar-refractivity contribution is 6.41. The van der Waals surface area contributed by atoms with Gasteiger partial charge >= 0.3 is 0 Å². The Labute approximate surface area is 188 Å². The van der Waals surface area contributed by atoms with Crippen molar-refractivity contribution in [1.82, 2.24) is 14.7 Å². The predicted octanol–water partition coefficient (Wildman–Crippen LogP) is 3.26. The number of rotatable bonds is 9. The molecule has 30 heavy (non-hydrogen) atoms. The second-order valence-electron chi connectivity index (χ2n) is 7.72. The van der Waals surface area contributed by atoms with Gasteiger partial charge in [-0.3, -0.25) is 19.4 Å². The number of hydrogen-bond donors (Lipinski definition) is 1. The van der Waals surface area contributed by atoms with Gasteiger partial charge in [0.15, 0.2) is 0 Å². The summed E-state index contributed by atoms with van der Waals surface area (Å²) in [6, 6.07) is 5.01. The van der Waals surface area contributed by atoms with Gasteiger partial charge in [-0.1, -0.05) is 55.5 Å². The van der Waals surface area contributed by atoms with Gasteiger partial charge in [0.05, 0.1) is 17.2 Å². The van der Waals surface area contributed by atoms with E-state index in [2.05, 4.69) is 11.8 Å². The maximum absolute atomic E-state index is 13.3. The third kappa shape index (κ3) is 4.99. The summed E-state index contributed by atoms with van der Waals surface area (Å²) in [5.74, 6) is -0.526. The van der Waals surface area contributed by atoms with Gasteiger partial charge in [0.1, 0.15) is 5.70 Å². The van der Waals surface area contributed by atoms with Crippen molar-refractivity contribution in [3.63, 3.8) is 0 Å². The molecule has 2 heterocycles. The maximum Gasteiger partial charge on any atom is 0.277 e. The minimum Gasteiger partial charge on any atom is -0.395 e. The summed E-state index contributed by atoms with van der Waals surface area (Å²) in [6.45, 7) is 5.95. The Hall–Kier alpha value is -1.60. The van der Waals surface area contributed by atoms with E-state index in [0.717, 1.165) is 38.8 Å². The number of carbonyl (C=O) groups excluding carboxylic acids is 2. The summed E-state index contributed by atoms with van der Waals surface area (Å²) in [5, 5.41) is 10.0. The Morgan fingerprint density at radius 3 is 2.33 bits per heavy atom. The molecule has 1 N–H and O–H groups in total. The molecule has 164 valence electrons. The summed E-state index contributed by atoms with van der Waals surface area (Å²) in [7, 11) is 0. The van der Waals surface area contributed by atoms with Crippen molar-refractivity contribution in [2.24, 2.45) is 0 Å². The highest BCUT2D eigenvalue weighted by Gasteiger charge is 2.42. The van der Waals surface area contributed by atoms with Crippen LogP contribution in [0.1, 0.15) is 38.2 Å². The van der Waals surface area contributed by atoms with Crippen molar-refractivity contribution in [2.45, 2.75) is 32.6 Å². The van der Waals surface area contributed by atoms with Crippen LogP contribution in [-0.4, -0.2) is 77.5 Å². The van der Waals surface area contributed by atoms with E-state index < -0.39 is 0 Å². The first-order chi connectivity index (χ1) is 14.5. The van der Waals surface area contributed by atoms with Gasteiger partial charge in [0.25, 0.3) is 11.8 Å². The van der Waals surface area contributed by atoms with E-state index in [4.69, 9.17) is 23.2 Å². The van der Waals surface area contributed by atoms with Crippen LogP contribution in [0.15, 0.2) is 23.9 Å². The summed E-state index contributed by atoms with van der Waals surface area (Å²) >= 11 is 12.5. The molecular weight excluding hydrogens is 425 g/mol. The molecule has 3 rings (SSSR count). The van der Waals surface area contributed by atoms with Crippen LogP contribution in [-0.2, 0) is 9.59 Å². The molecule has 0 unspecified atom stereocenters. The molecular formula is C22H29Cl2N3O3. The molecule has 8 heteroatoms. The van der Waals surface area contributed by atoms with Gasteiger partial charge in [-0.15, -0.1) is 0 Å². The van der Waals surface area contributed by atoms with Crippen molar-refractivity contribution in [3.8, 4) is 0 Å². The SMILES string of the molecule is CCCCCCN1C(=O)C(c2ccc(Cl)cc2Cl)=C(N2CCN(CCO)CC2)C1=O. The van der Waals surface area contributed by atoms with Gasteiger partial charge in [-0.05, 0) is 18.6 Å². The standard InChI is InChI=1S/C22H29Cl2N3O3/c1-2-3-4-5-8-27-21(29)19(17-7-6-16(23)15-18(17)24)20(22(27)30)26-11-9-25(10-12-26)13-14-28/h6-7,15,28H,2-5,8-14H2,1H3. The number of imide groups is 1. The fourth-order valence-electron chi connectivity index (χ4n) is 4.03. The quantitative estimate of drug-likeness (QED) is 0.459. The summed E-state index contributed by atoms with van der Waals surface area (Å²) in [5.41, 5.74) is 1.35. The predicted molar refractivity (Wildman–Crippen MR) is 119 cm³/mol. The molecule has 1 saturated heterocycles. The van der Waals surface area contributed by atoms with Gasteiger partial charge < -0.3 is 10.0 Å². The minimum atomic E-state index is -0.284. The molecule has 0 bridgehead atoms. The van der Waals surface area contributed by atoms with Gasteiger partial charge in [0.2, 0.25) is 0 Å². The van der Waals surface area contributed by atoms with Gasteiger partial charge in [-0.2, -0.15) is 0 Å².